The second-order valence-electron chi connectivity index (χ2n) is 5.91. The van der Waals surface area contributed by atoms with Crippen LogP contribution in [0.15, 0.2) is 36.0 Å². The van der Waals surface area contributed by atoms with E-state index in [1.165, 1.54) is 0 Å². The molecule has 1 aromatic carbocycles. The maximum Gasteiger partial charge on any atom is 0.232 e. The molecule has 1 aliphatic rings. The van der Waals surface area contributed by atoms with Gasteiger partial charge >= 0.3 is 0 Å². The Hall–Kier alpha value is -2.53. The van der Waals surface area contributed by atoms with Crippen LogP contribution >= 0.6 is 11.6 Å². The quantitative estimate of drug-likeness (QED) is 0.727. The van der Waals surface area contributed by atoms with Gasteiger partial charge in [0.05, 0.1) is 6.10 Å². The highest BCUT2D eigenvalue weighted by Gasteiger charge is 2.12. The Morgan fingerprint density at radius 2 is 2.20 bits per heavy atom. The van der Waals surface area contributed by atoms with Gasteiger partial charge in [-0.1, -0.05) is 11.6 Å². The van der Waals surface area contributed by atoms with Gasteiger partial charge in [0, 0.05) is 29.0 Å². The number of hydrogen-bond donors (Lipinski definition) is 0. The van der Waals surface area contributed by atoms with Gasteiger partial charge in [0.1, 0.15) is 36.0 Å². The summed E-state index contributed by atoms with van der Waals surface area (Å²) in [5, 5.41) is 0.454. The molecule has 0 N–H and O–H groups in total. The van der Waals surface area contributed by atoms with Crippen molar-refractivity contribution in [2.45, 2.75) is 26.6 Å². The van der Waals surface area contributed by atoms with E-state index in [1.807, 2.05) is 32.1 Å². The molecule has 2 heterocycles. The summed E-state index contributed by atoms with van der Waals surface area (Å²) in [6.45, 7) is 4.43. The summed E-state index contributed by atoms with van der Waals surface area (Å²) in [6.07, 6.45) is 4.30. The molecule has 130 valence electrons. The number of carbonyl (C=O) groups is 1. The zero-order valence-electron chi connectivity index (χ0n) is 14.0. The molecular formula is C19H18ClNO4. The third-order valence-electron chi connectivity index (χ3n) is 3.49. The topological polar surface area (TPSA) is 57.6 Å². The monoisotopic (exact) mass is 359 g/mol. The third kappa shape index (κ3) is 4.31. The lowest BCUT2D eigenvalue weighted by molar-refractivity contribution is -0.105. The number of rotatable bonds is 6. The molecule has 25 heavy (non-hydrogen) atoms. The molecule has 5 nitrogen and oxygen atoms in total. The Kier molecular flexibility index (Phi) is 5.24. The van der Waals surface area contributed by atoms with E-state index in [0.29, 0.717) is 34.6 Å². The van der Waals surface area contributed by atoms with Gasteiger partial charge in [-0.2, -0.15) is 0 Å². The maximum absolute atomic E-state index is 10.8. The van der Waals surface area contributed by atoms with Gasteiger partial charge in [0.2, 0.25) is 5.88 Å². The van der Waals surface area contributed by atoms with Crippen LogP contribution in [0.4, 0.5) is 0 Å². The number of fused-ring (bicyclic) bond motifs is 1. The molecule has 0 radical (unpaired) electrons. The van der Waals surface area contributed by atoms with E-state index in [-0.39, 0.29) is 12.7 Å². The third-order valence-corrected chi connectivity index (χ3v) is 3.76. The molecule has 0 saturated carbocycles. The molecule has 0 bridgehead atoms. The first-order valence-electron chi connectivity index (χ1n) is 7.91. The minimum atomic E-state index is 0.0105. The molecule has 1 aromatic heterocycles. The number of hydrogen-bond acceptors (Lipinski definition) is 5. The Balaban J connectivity index is 1.67. The number of pyridine rings is 1. The zero-order valence-corrected chi connectivity index (χ0v) is 14.7. The Morgan fingerprint density at radius 1 is 1.36 bits per heavy atom. The van der Waals surface area contributed by atoms with E-state index >= 15 is 0 Å². The van der Waals surface area contributed by atoms with Crippen molar-refractivity contribution in [3.8, 4) is 17.4 Å². The summed E-state index contributed by atoms with van der Waals surface area (Å²) >= 11 is 6.18. The van der Waals surface area contributed by atoms with Crippen LogP contribution in [0.25, 0.3) is 6.08 Å². The average molecular weight is 360 g/mol. The van der Waals surface area contributed by atoms with E-state index in [4.69, 9.17) is 25.8 Å². The second-order valence-corrected chi connectivity index (χ2v) is 6.32. The van der Waals surface area contributed by atoms with Crippen LogP contribution in [0.1, 0.15) is 25.0 Å². The van der Waals surface area contributed by atoms with E-state index in [2.05, 4.69) is 4.98 Å². The number of benzene rings is 1. The number of carbonyl (C=O) groups excluding carboxylic acids is 1. The first-order chi connectivity index (χ1) is 12.0. The zero-order chi connectivity index (χ0) is 17.8. The van der Waals surface area contributed by atoms with Crippen molar-refractivity contribution in [1.82, 2.24) is 4.98 Å². The lowest BCUT2D eigenvalue weighted by Crippen LogP contribution is -2.08. The largest absolute Gasteiger partial charge is 0.489 e. The predicted molar refractivity (Wildman–Crippen MR) is 95.3 cm³/mol. The van der Waals surface area contributed by atoms with Gasteiger partial charge in [0.15, 0.2) is 0 Å². The molecular weight excluding hydrogens is 342 g/mol. The van der Waals surface area contributed by atoms with Crippen LogP contribution in [-0.2, 0) is 11.4 Å². The van der Waals surface area contributed by atoms with Crippen LogP contribution in [-0.4, -0.2) is 24.0 Å². The van der Waals surface area contributed by atoms with E-state index in [1.54, 1.807) is 18.3 Å². The number of aromatic nitrogens is 1. The van der Waals surface area contributed by atoms with Gasteiger partial charge in [-0.25, -0.2) is 4.98 Å². The average Bonchev–Trinajstić information content (AvgIpc) is 2.61. The highest BCUT2D eigenvalue weighted by molar-refractivity contribution is 6.31. The van der Waals surface area contributed by atoms with Crippen LogP contribution in [0.5, 0.6) is 17.4 Å². The van der Waals surface area contributed by atoms with Gasteiger partial charge in [-0.05, 0) is 38.1 Å². The van der Waals surface area contributed by atoms with Crippen molar-refractivity contribution < 1.29 is 19.0 Å². The van der Waals surface area contributed by atoms with E-state index in [9.17, 15) is 4.79 Å². The van der Waals surface area contributed by atoms with Crippen LogP contribution in [0.2, 0.25) is 5.02 Å². The molecule has 0 aliphatic carbocycles. The minimum absolute atomic E-state index is 0.0105. The number of halogens is 1. The van der Waals surface area contributed by atoms with Gasteiger partial charge in [-0.3, -0.25) is 4.79 Å². The molecule has 3 rings (SSSR count). The molecule has 0 saturated heterocycles. The SMILES string of the molecule is CC(C)Oc1ncc(COc2ccc3c(c2)OCC(C=O)=C3)cc1Cl. The van der Waals surface area contributed by atoms with E-state index in [0.717, 1.165) is 17.4 Å². The predicted octanol–water partition coefficient (Wildman–Crippen LogP) is 4.08. The van der Waals surface area contributed by atoms with Crippen molar-refractivity contribution in [3.05, 3.63) is 52.2 Å². The van der Waals surface area contributed by atoms with Crippen molar-refractivity contribution in [2.24, 2.45) is 0 Å². The summed E-state index contributed by atoms with van der Waals surface area (Å²) in [6, 6.07) is 7.27. The number of nitrogens with zero attached hydrogens (tertiary/aromatic N) is 1. The first kappa shape index (κ1) is 17.3. The van der Waals surface area contributed by atoms with Crippen molar-refractivity contribution in [2.75, 3.05) is 6.61 Å². The summed E-state index contributed by atoms with van der Waals surface area (Å²) < 4.78 is 16.9. The second kappa shape index (κ2) is 7.57. The molecule has 0 unspecified atom stereocenters. The fourth-order valence-electron chi connectivity index (χ4n) is 2.34. The normalized spacial score (nSPS) is 12.9. The van der Waals surface area contributed by atoms with Gasteiger partial charge in [-0.15, -0.1) is 0 Å². The van der Waals surface area contributed by atoms with Crippen molar-refractivity contribution in [1.29, 1.82) is 0 Å². The molecule has 0 fully saturated rings. The smallest absolute Gasteiger partial charge is 0.232 e. The van der Waals surface area contributed by atoms with Gasteiger partial charge < -0.3 is 14.2 Å². The Bertz CT molecular complexity index is 817. The fourth-order valence-corrected chi connectivity index (χ4v) is 2.57. The highest BCUT2D eigenvalue weighted by atomic mass is 35.5. The number of aldehydes is 1. The van der Waals surface area contributed by atoms with Crippen LogP contribution in [0.3, 0.4) is 0 Å². The van der Waals surface area contributed by atoms with Crippen molar-refractivity contribution >= 4 is 24.0 Å². The summed E-state index contributed by atoms with van der Waals surface area (Å²) in [5.74, 6) is 1.78. The first-order valence-corrected chi connectivity index (χ1v) is 8.29. The Morgan fingerprint density at radius 3 is 2.92 bits per heavy atom. The Labute approximate surface area is 151 Å². The van der Waals surface area contributed by atoms with Crippen molar-refractivity contribution in [3.63, 3.8) is 0 Å². The highest BCUT2D eigenvalue weighted by Crippen LogP contribution is 2.30. The maximum atomic E-state index is 10.8. The van der Waals surface area contributed by atoms with Crippen LogP contribution in [0, 0.1) is 0 Å². The number of ether oxygens (including phenoxy) is 3. The summed E-state index contributed by atoms with van der Waals surface area (Å²) in [5.41, 5.74) is 2.31. The lowest BCUT2D eigenvalue weighted by Gasteiger charge is -2.16. The van der Waals surface area contributed by atoms with E-state index < -0.39 is 0 Å². The molecule has 0 spiro atoms. The molecule has 0 atom stereocenters. The molecule has 6 heteroatoms. The minimum Gasteiger partial charge on any atom is -0.489 e. The summed E-state index contributed by atoms with van der Waals surface area (Å²) in [7, 11) is 0. The standard InChI is InChI=1S/C19H18ClNO4/c1-12(2)25-19-17(20)6-13(8-21-19)10-23-16-4-3-15-5-14(9-22)11-24-18(15)7-16/h3-9,12H,10-11H2,1-2H3. The molecule has 1 aliphatic heterocycles. The molecule has 2 aromatic rings. The van der Waals surface area contributed by atoms with Gasteiger partial charge in [0.25, 0.3) is 0 Å². The fraction of sp³-hybridized carbons (Fsp3) is 0.263. The summed E-state index contributed by atoms with van der Waals surface area (Å²) in [4.78, 5) is 15.0. The molecule has 0 amide bonds. The van der Waals surface area contributed by atoms with Crippen LogP contribution < -0.4 is 14.2 Å². The lowest BCUT2D eigenvalue weighted by atomic mass is 10.1.